The van der Waals surface area contributed by atoms with E-state index >= 15 is 0 Å². The first-order valence-electron chi connectivity index (χ1n) is 4.44. The molecule has 0 aliphatic heterocycles. The molecule has 0 fully saturated rings. The molecular formula is C8H20N2O. The molecule has 0 bridgehead atoms. The van der Waals surface area contributed by atoms with Crippen LogP contribution in [0.3, 0.4) is 0 Å². The number of rotatable bonds is 8. The summed E-state index contributed by atoms with van der Waals surface area (Å²) in [5.74, 6) is 0. The van der Waals surface area contributed by atoms with Crippen LogP contribution in [0.2, 0.25) is 0 Å². The highest BCUT2D eigenvalue weighted by Crippen LogP contribution is 1.80. The minimum Gasteiger partial charge on any atom is -0.395 e. The van der Waals surface area contributed by atoms with Gasteiger partial charge in [-0.25, -0.2) is 0 Å². The maximum Gasteiger partial charge on any atom is 0.0555 e. The van der Waals surface area contributed by atoms with E-state index in [9.17, 15) is 0 Å². The molecule has 0 aromatic carbocycles. The van der Waals surface area contributed by atoms with Gasteiger partial charge in [0.1, 0.15) is 0 Å². The van der Waals surface area contributed by atoms with Crippen LogP contribution in [0, 0.1) is 0 Å². The van der Waals surface area contributed by atoms with Crippen molar-refractivity contribution < 1.29 is 5.11 Å². The van der Waals surface area contributed by atoms with Crippen molar-refractivity contribution >= 4 is 0 Å². The highest BCUT2D eigenvalue weighted by Gasteiger charge is 1.85. The maximum atomic E-state index is 8.42. The molecule has 11 heavy (non-hydrogen) atoms. The fourth-order valence-corrected chi connectivity index (χ4v) is 0.808. The Balaban J connectivity index is 2.69. The van der Waals surface area contributed by atoms with Crippen molar-refractivity contribution in [1.82, 2.24) is 10.6 Å². The smallest absolute Gasteiger partial charge is 0.0555 e. The lowest BCUT2D eigenvalue weighted by molar-refractivity contribution is 0.292. The average molecular weight is 160 g/mol. The van der Waals surface area contributed by atoms with E-state index in [-0.39, 0.29) is 6.61 Å². The summed E-state index contributed by atoms with van der Waals surface area (Å²) in [7, 11) is 0. The largest absolute Gasteiger partial charge is 0.395 e. The zero-order valence-electron chi connectivity index (χ0n) is 7.40. The summed E-state index contributed by atoms with van der Waals surface area (Å²) in [6, 6.07) is 0. The minimum absolute atomic E-state index is 0.231. The first-order valence-corrected chi connectivity index (χ1v) is 4.44. The van der Waals surface area contributed by atoms with Gasteiger partial charge >= 0.3 is 0 Å². The summed E-state index contributed by atoms with van der Waals surface area (Å²) < 4.78 is 0. The molecule has 3 N–H and O–H groups in total. The number of nitrogens with one attached hydrogen (secondary N) is 2. The van der Waals surface area contributed by atoms with Gasteiger partial charge in [0.2, 0.25) is 0 Å². The summed E-state index contributed by atoms with van der Waals surface area (Å²) in [5, 5.41) is 14.8. The monoisotopic (exact) mass is 160 g/mol. The minimum atomic E-state index is 0.231. The number of hydrogen-bond donors (Lipinski definition) is 3. The van der Waals surface area contributed by atoms with E-state index in [1.807, 2.05) is 0 Å². The lowest BCUT2D eigenvalue weighted by Crippen LogP contribution is -2.29. The second kappa shape index (κ2) is 9.88. The number of hydrogen-bond acceptors (Lipinski definition) is 3. The number of aliphatic hydroxyl groups is 1. The molecule has 0 aliphatic rings. The van der Waals surface area contributed by atoms with Crippen LogP contribution in [0.5, 0.6) is 0 Å². The van der Waals surface area contributed by atoms with Crippen molar-refractivity contribution in [2.75, 3.05) is 32.8 Å². The molecule has 0 heterocycles. The quantitative estimate of drug-likeness (QED) is 0.436. The fraction of sp³-hybridized carbons (Fsp3) is 1.00. The summed E-state index contributed by atoms with van der Waals surface area (Å²) in [6.45, 7) is 6.18. The molecule has 0 saturated carbocycles. The Hall–Kier alpha value is -0.120. The Morgan fingerprint density at radius 2 is 1.64 bits per heavy atom. The molecule has 0 spiro atoms. The van der Waals surface area contributed by atoms with Crippen LogP contribution in [0.25, 0.3) is 0 Å². The standard InChI is InChI=1S/C8H20N2O/c1-2-3-4-9-5-6-10-7-8-11/h9-11H,2-8H2,1H3. The topological polar surface area (TPSA) is 44.3 Å². The predicted molar refractivity (Wildman–Crippen MR) is 47.7 cm³/mol. The Labute approximate surface area is 69.2 Å². The van der Waals surface area contributed by atoms with E-state index in [1.165, 1.54) is 12.8 Å². The lowest BCUT2D eigenvalue weighted by atomic mass is 10.3. The van der Waals surface area contributed by atoms with E-state index in [0.29, 0.717) is 6.54 Å². The van der Waals surface area contributed by atoms with Crippen molar-refractivity contribution in [3.05, 3.63) is 0 Å². The van der Waals surface area contributed by atoms with Crippen LogP contribution in [0.4, 0.5) is 0 Å². The van der Waals surface area contributed by atoms with Crippen LogP contribution < -0.4 is 10.6 Å². The molecule has 0 aliphatic carbocycles. The van der Waals surface area contributed by atoms with E-state index in [0.717, 1.165) is 19.6 Å². The van der Waals surface area contributed by atoms with Gasteiger partial charge in [-0.2, -0.15) is 0 Å². The van der Waals surface area contributed by atoms with Gasteiger partial charge in [-0.15, -0.1) is 0 Å². The van der Waals surface area contributed by atoms with Crippen molar-refractivity contribution in [1.29, 1.82) is 0 Å². The Kier molecular flexibility index (Phi) is 9.77. The molecule has 0 atom stereocenters. The van der Waals surface area contributed by atoms with Crippen LogP contribution in [0.1, 0.15) is 19.8 Å². The second-order valence-electron chi connectivity index (χ2n) is 2.58. The van der Waals surface area contributed by atoms with Crippen molar-refractivity contribution in [2.45, 2.75) is 19.8 Å². The molecular weight excluding hydrogens is 140 g/mol. The second-order valence-corrected chi connectivity index (χ2v) is 2.58. The van der Waals surface area contributed by atoms with Gasteiger partial charge in [-0.1, -0.05) is 13.3 Å². The van der Waals surface area contributed by atoms with Gasteiger partial charge in [0.25, 0.3) is 0 Å². The molecule has 3 heteroatoms. The predicted octanol–water partition coefficient (Wildman–Crippen LogP) is -0.0420. The fourth-order valence-electron chi connectivity index (χ4n) is 0.808. The molecule has 0 aromatic heterocycles. The Morgan fingerprint density at radius 1 is 1.00 bits per heavy atom. The van der Waals surface area contributed by atoms with E-state index in [4.69, 9.17) is 5.11 Å². The highest BCUT2D eigenvalue weighted by molar-refractivity contribution is 4.50. The van der Waals surface area contributed by atoms with Gasteiger partial charge in [0.05, 0.1) is 6.61 Å². The van der Waals surface area contributed by atoms with Gasteiger partial charge in [0.15, 0.2) is 0 Å². The van der Waals surface area contributed by atoms with Crippen LogP contribution in [-0.2, 0) is 0 Å². The molecule has 0 amide bonds. The highest BCUT2D eigenvalue weighted by atomic mass is 16.3. The first kappa shape index (κ1) is 10.9. The molecule has 0 unspecified atom stereocenters. The Bertz CT molecular complexity index is 61.1. The SMILES string of the molecule is CCCCNCCNCCO. The normalized spacial score (nSPS) is 10.4. The summed E-state index contributed by atoms with van der Waals surface area (Å²) >= 11 is 0. The molecule has 0 rings (SSSR count). The number of aliphatic hydroxyl groups excluding tert-OH is 1. The molecule has 3 nitrogen and oxygen atoms in total. The molecule has 0 aromatic rings. The molecule has 0 radical (unpaired) electrons. The zero-order valence-corrected chi connectivity index (χ0v) is 7.40. The third-order valence-corrected chi connectivity index (χ3v) is 1.47. The van der Waals surface area contributed by atoms with E-state index < -0.39 is 0 Å². The van der Waals surface area contributed by atoms with Crippen molar-refractivity contribution in [2.24, 2.45) is 0 Å². The Morgan fingerprint density at radius 3 is 2.18 bits per heavy atom. The first-order chi connectivity index (χ1) is 5.41. The maximum absolute atomic E-state index is 8.42. The third-order valence-electron chi connectivity index (χ3n) is 1.47. The molecule has 0 saturated heterocycles. The van der Waals surface area contributed by atoms with Gasteiger partial charge < -0.3 is 15.7 Å². The van der Waals surface area contributed by atoms with E-state index in [2.05, 4.69) is 17.6 Å². The van der Waals surface area contributed by atoms with Crippen LogP contribution in [0.15, 0.2) is 0 Å². The van der Waals surface area contributed by atoms with Crippen molar-refractivity contribution in [3.63, 3.8) is 0 Å². The van der Waals surface area contributed by atoms with Gasteiger partial charge in [-0.05, 0) is 13.0 Å². The summed E-state index contributed by atoms with van der Waals surface area (Å²) in [5.41, 5.74) is 0. The van der Waals surface area contributed by atoms with Gasteiger partial charge in [0, 0.05) is 19.6 Å². The zero-order chi connectivity index (χ0) is 8.36. The molecule has 68 valence electrons. The summed E-state index contributed by atoms with van der Waals surface area (Å²) in [4.78, 5) is 0. The van der Waals surface area contributed by atoms with E-state index in [1.54, 1.807) is 0 Å². The number of unbranched alkanes of at least 4 members (excludes halogenated alkanes) is 1. The third kappa shape index (κ3) is 9.88. The van der Waals surface area contributed by atoms with Crippen molar-refractivity contribution in [3.8, 4) is 0 Å². The van der Waals surface area contributed by atoms with Gasteiger partial charge in [-0.3, -0.25) is 0 Å². The summed E-state index contributed by atoms with van der Waals surface area (Å²) in [6.07, 6.45) is 2.50. The van der Waals surface area contributed by atoms with Crippen LogP contribution >= 0.6 is 0 Å². The lowest BCUT2D eigenvalue weighted by Gasteiger charge is -2.03. The average Bonchev–Trinajstić information content (AvgIpc) is 2.03. The van der Waals surface area contributed by atoms with Crippen LogP contribution in [-0.4, -0.2) is 37.9 Å².